The maximum atomic E-state index is 12.4. The van der Waals surface area contributed by atoms with E-state index >= 15 is 0 Å². The number of anilines is 1. The average molecular weight is 387 g/mol. The maximum Gasteiger partial charge on any atom is 0.257 e. The Morgan fingerprint density at radius 1 is 1.26 bits per heavy atom. The summed E-state index contributed by atoms with van der Waals surface area (Å²) in [5.41, 5.74) is 0.707. The minimum absolute atomic E-state index is 0.122. The van der Waals surface area contributed by atoms with Crippen molar-refractivity contribution in [1.82, 2.24) is 15.4 Å². The van der Waals surface area contributed by atoms with Crippen LogP contribution < -0.4 is 10.6 Å². The van der Waals surface area contributed by atoms with E-state index in [0.717, 1.165) is 6.04 Å². The molecule has 1 amide bonds. The number of rotatable bonds is 6. The Bertz CT molecular complexity index is 820. The van der Waals surface area contributed by atoms with Gasteiger partial charge in [-0.15, -0.1) is 11.3 Å². The Morgan fingerprint density at radius 2 is 2.07 bits per heavy atom. The van der Waals surface area contributed by atoms with Crippen LogP contribution in [0.1, 0.15) is 59.0 Å². The lowest BCUT2D eigenvalue weighted by atomic mass is 10.0. The summed E-state index contributed by atoms with van der Waals surface area (Å²) in [4.78, 5) is 16.3. The van der Waals surface area contributed by atoms with Crippen LogP contribution in [0.2, 0.25) is 0 Å². The number of aryl methyl sites for hydroxylation is 1. The van der Waals surface area contributed by atoms with Crippen molar-refractivity contribution in [3.05, 3.63) is 33.7 Å². The summed E-state index contributed by atoms with van der Waals surface area (Å²) >= 11 is 1.69. The lowest BCUT2D eigenvalue weighted by Crippen LogP contribution is -2.44. The average Bonchev–Trinajstić information content (AvgIpc) is 3.56. The van der Waals surface area contributed by atoms with E-state index in [1.54, 1.807) is 24.3 Å². The number of carbonyl (C=O) groups excluding carboxylic acids is 1. The fourth-order valence-electron chi connectivity index (χ4n) is 4.15. The molecule has 0 bridgehead atoms. The van der Waals surface area contributed by atoms with Crippen molar-refractivity contribution in [2.75, 3.05) is 18.4 Å². The highest BCUT2D eigenvalue weighted by Crippen LogP contribution is 2.44. The molecule has 2 aromatic heterocycles. The second-order valence-electron chi connectivity index (χ2n) is 8.17. The van der Waals surface area contributed by atoms with Gasteiger partial charge < -0.3 is 20.1 Å². The van der Waals surface area contributed by atoms with Crippen LogP contribution in [0, 0.1) is 6.92 Å². The van der Waals surface area contributed by atoms with E-state index in [2.05, 4.69) is 20.7 Å². The molecule has 27 heavy (non-hydrogen) atoms. The molecule has 6 nitrogen and oxygen atoms in total. The van der Waals surface area contributed by atoms with Gasteiger partial charge in [0.05, 0.1) is 5.56 Å². The molecule has 2 N–H and O–H groups in total. The minimum Gasteiger partial charge on any atom is -0.360 e. The lowest BCUT2D eigenvalue weighted by molar-refractivity contribution is 0.102. The topological polar surface area (TPSA) is 70.4 Å². The van der Waals surface area contributed by atoms with E-state index in [0.29, 0.717) is 35.1 Å². The first kappa shape index (κ1) is 17.4. The number of nitrogens with one attached hydrogen (secondary N) is 2. The third-order valence-corrected chi connectivity index (χ3v) is 7.01. The molecule has 3 aliphatic rings. The second kappa shape index (κ2) is 7.04. The highest BCUT2D eigenvalue weighted by Gasteiger charge is 2.41. The zero-order chi connectivity index (χ0) is 18.4. The summed E-state index contributed by atoms with van der Waals surface area (Å²) in [6.07, 6.45) is 6.55. The van der Waals surface area contributed by atoms with Gasteiger partial charge in [-0.05, 0) is 58.2 Å². The van der Waals surface area contributed by atoms with E-state index in [1.807, 2.05) is 11.4 Å². The Labute approximate surface area is 163 Å². The van der Waals surface area contributed by atoms with E-state index in [1.165, 1.54) is 50.1 Å². The van der Waals surface area contributed by atoms with Gasteiger partial charge in [0.15, 0.2) is 5.82 Å². The van der Waals surface area contributed by atoms with Crippen molar-refractivity contribution in [1.29, 1.82) is 0 Å². The number of likely N-dealkylation sites (tertiary alicyclic amines) is 1. The van der Waals surface area contributed by atoms with Crippen LogP contribution >= 0.6 is 11.3 Å². The van der Waals surface area contributed by atoms with Gasteiger partial charge in [-0.25, -0.2) is 0 Å². The van der Waals surface area contributed by atoms with E-state index in [9.17, 15) is 4.79 Å². The third-order valence-electron chi connectivity index (χ3n) is 5.95. The smallest absolute Gasteiger partial charge is 0.257 e. The summed E-state index contributed by atoms with van der Waals surface area (Å²) in [7, 11) is 0. The largest absolute Gasteiger partial charge is 0.360 e. The number of aromatic nitrogens is 1. The van der Waals surface area contributed by atoms with Gasteiger partial charge in [-0.3, -0.25) is 4.79 Å². The zero-order valence-corrected chi connectivity index (χ0v) is 16.4. The van der Waals surface area contributed by atoms with Crippen molar-refractivity contribution in [2.24, 2.45) is 0 Å². The van der Waals surface area contributed by atoms with Crippen LogP contribution in [0.15, 0.2) is 22.0 Å². The molecule has 1 aliphatic heterocycles. The monoisotopic (exact) mass is 386 g/mol. The normalized spacial score (nSPS) is 26.3. The molecule has 1 saturated heterocycles. The van der Waals surface area contributed by atoms with Gasteiger partial charge in [0.2, 0.25) is 0 Å². The Kier molecular flexibility index (Phi) is 4.53. The molecule has 2 aromatic rings. The molecule has 2 unspecified atom stereocenters. The highest BCUT2D eigenvalue weighted by atomic mass is 32.1. The molecule has 0 aromatic carbocycles. The Hall–Kier alpha value is -1.70. The summed E-state index contributed by atoms with van der Waals surface area (Å²) in [5.74, 6) is 1.59. The van der Waals surface area contributed by atoms with Crippen LogP contribution in [0.25, 0.3) is 0 Å². The van der Waals surface area contributed by atoms with Crippen molar-refractivity contribution < 1.29 is 9.32 Å². The fraction of sp³-hybridized carbons (Fsp3) is 0.600. The number of hydrogen-bond donors (Lipinski definition) is 2. The second-order valence-corrected chi connectivity index (χ2v) is 9.11. The molecule has 7 heteroatoms. The molecule has 2 saturated carbocycles. The molecule has 0 radical (unpaired) electrons. The van der Waals surface area contributed by atoms with Gasteiger partial charge in [0.25, 0.3) is 5.91 Å². The van der Waals surface area contributed by atoms with Crippen LogP contribution in [0.4, 0.5) is 5.82 Å². The number of hydrogen-bond acceptors (Lipinski definition) is 6. The van der Waals surface area contributed by atoms with Crippen molar-refractivity contribution >= 4 is 23.1 Å². The first-order chi connectivity index (χ1) is 13.2. The summed E-state index contributed by atoms with van der Waals surface area (Å²) < 4.78 is 4.99. The van der Waals surface area contributed by atoms with Gasteiger partial charge in [0.1, 0.15) is 5.76 Å². The molecule has 2 aliphatic carbocycles. The van der Waals surface area contributed by atoms with Gasteiger partial charge in [-0.2, -0.15) is 0 Å². The Balaban J connectivity index is 1.12. The summed E-state index contributed by atoms with van der Waals surface area (Å²) in [6.45, 7) is 4.32. The molecule has 2 atom stereocenters. The van der Waals surface area contributed by atoms with E-state index < -0.39 is 0 Å². The van der Waals surface area contributed by atoms with Crippen molar-refractivity contribution in [3.8, 4) is 0 Å². The first-order valence-corrected chi connectivity index (χ1v) is 10.9. The minimum atomic E-state index is -0.122. The van der Waals surface area contributed by atoms with Crippen molar-refractivity contribution in [3.63, 3.8) is 0 Å². The summed E-state index contributed by atoms with van der Waals surface area (Å²) in [6, 6.07) is 5.90. The molecule has 3 heterocycles. The standard InChI is InChI=1S/C20H26N4O2S/c1-12-8-19(23-26-12)22-20(25)13-9-18(27-11-13)16-10-17(16)21-14-4-6-24(7-5-14)15-2-3-15/h8-9,11,14-17,21H,2-7,10H2,1H3,(H,22,23,25). The molecular formula is C20H26N4O2S. The molecule has 5 rings (SSSR count). The molecule has 0 spiro atoms. The predicted octanol–water partition coefficient (Wildman–Crippen LogP) is 3.37. The van der Waals surface area contributed by atoms with E-state index in [-0.39, 0.29) is 5.91 Å². The predicted molar refractivity (Wildman–Crippen MR) is 105 cm³/mol. The quantitative estimate of drug-likeness (QED) is 0.797. The first-order valence-electron chi connectivity index (χ1n) is 9.99. The van der Waals surface area contributed by atoms with Crippen LogP contribution in [0.3, 0.4) is 0 Å². The lowest BCUT2D eigenvalue weighted by Gasteiger charge is -2.32. The zero-order valence-electron chi connectivity index (χ0n) is 15.6. The van der Waals surface area contributed by atoms with Crippen LogP contribution in [-0.2, 0) is 0 Å². The van der Waals surface area contributed by atoms with E-state index in [4.69, 9.17) is 4.52 Å². The van der Waals surface area contributed by atoms with Gasteiger partial charge >= 0.3 is 0 Å². The van der Waals surface area contributed by atoms with Gasteiger partial charge in [-0.1, -0.05) is 5.16 Å². The molecule has 3 fully saturated rings. The molecule has 144 valence electrons. The van der Waals surface area contributed by atoms with Gasteiger partial charge in [0, 0.05) is 40.4 Å². The SMILES string of the molecule is Cc1cc(NC(=O)c2csc(C3CC3NC3CCN(C4CC4)CC3)c2)no1. The number of amides is 1. The maximum absolute atomic E-state index is 12.4. The van der Waals surface area contributed by atoms with Crippen LogP contribution in [-0.4, -0.2) is 47.2 Å². The number of carbonyl (C=O) groups is 1. The summed E-state index contributed by atoms with van der Waals surface area (Å²) in [5, 5.41) is 12.4. The number of piperidine rings is 1. The highest BCUT2D eigenvalue weighted by molar-refractivity contribution is 7.10. The fourth-order valence-corrected chi connectivity index (χ4v) is 5.22. The number of thiophene rings is 1. The van der Waals surface area contributed by atoms with Crippen molar-refractivity contribution in [2.45, 2.75) is 63.1 Å². The molecular weight excluding hydrogens is 360 g/mol. The number of nitrogens with zero attached hydrogens (tertiary/aromatic N) is 2. The Morgan fingerprint density at radius 3 is 2.78 bits per heavy atom. The third kappa shape index (κ3) is 3.95. The van der Waals surface area contributed by atoms with Crippen LogP contribution in [0.5, 0.6) is 0 Å².